The number of rotatable bonds is 1. The summed E-state index contributed by atoms with van der Waals surface area (Å²) < 4.78 is 0. The molecule has 0 aliphatic carbocycles. The number of aromatic hydroxyl groups is 1. The molecule has 12 heavy (non-hydrogen) atoms. The monoisotopic (exact) mass is 185 g/mol. The highest BCUT2D eigenvalue weighted by atomic mass is 35.5. The number of ketones is 1. The average molecular weight is 186 g/mol. The third-order valence-electron chi connectivity index (χ3n) is 1.53. The van der Waals surface area contributed by atoms with Gasteiger partial charge in [0.25, 0.3) is 0 Å². The maximum absolute atomic E-state index is 10.9. The normalized spacial score (nSPS) is 9.83. The Balaban J connectivity index is 3.36. The number of carbonyl (C=O) groups is 1. The van der Waals surface area contributed by atoms with Gasteiger partial charge in [0.05, 0.1) is 11.3 Å². The summed E-state index contributed by atoms with van der Waals surface area (Å²) in [7, 11) is 0. The van der Waals surface area contributed by atoms with E-state index in [1.54, 1.807) is 0 Å². The van der Waals surface area contributed by atoms with Crippen molar-refractivity contribution in [2.24, 2.45) is 0 Å². The van der Waals surface area contributed by atoms with E-state index in [1.807, 2.05) is 0 Å². The van der Waals surface area contributed by atoms with Gasteiger partial charge in [-0.2, -0.15) is 0 Å². The molecule has 0 spiro atoms. The molecule has 0 heterocycles. The number of phenolic OH excluding ortho intramolecular Hbond substituents is 1. The van der Waals surface area contributed by atoms with E-state index < -0.39 is 0 Å². The SMILES string of the molecule is CC(=O)c1ccc(N)c(Cl)c1O. The van der Waals surface area contributed by atoms with Gasteiger partial charge in [-0.15, -0.1) is 0 Å². The highest BCUT2D eigenvalue weighted by Crippen LogP contribution is 2.32. The van der Waals surface area contributed by atoms with E-state index in [0.717, 1.165) is 0 Å². The molecule has 0 saturated heterocycles. The molecule has 3 N–H and O–H groups in total. The molecule has 0 unspecified atom stereocenters. The Morgan fingerprint density at radius 1 is 1.58 bits per heavy atom. The molecular weight excluding hydrogens is 178 g/mol. The quantitative estimate of drug-likeness (QED) is 0.518. The van der Waals surface area contributed by atoms with Crippen LogP contribution in [0.15, 0.2) is 12.1 Å². The third-order valence-corrected chi connectivity index (χ3v) is 1.92. The lowest BCUT2D eigenvalue weighted by Crippen LogP contribution is -1.95. The summed E-state index contributed by atoms with van der Waals surface area (Å²) in [6, 6.07) is 2.93. The Labute approximate surface area is 74.8 Å². The second-order valence-electron chi connectivity index (χ2n) is 2.42. The number of benzene rings is 1. The van der Waals surface area contributed by atoms with Gasteiger partial charge in [0.15, 0.2) is 5.78 Å². The minimum atomic E-state index is -0.246. The van der Waals surface area contributed by atoms with Crippen LogP contribution in [0, 0.1) is 0 Å². The van der Waals surface area contributed by atoms with E-state index in [4.69, 9.17) is 17.3 Å². The zero-order valence-electron chi connectivity index (χ0n) is 6.47. The summed E-state index contributed by atoms with van der Waals surface area (Å²) >= 11 is 5.60. The lowest BCUT2D eigenvalue weighted by atomic mass is 10.1. The van der Waals surface area contributed by atoms with Crippen LogP contribution in [0.3, 0.4) is 0 Å². The van der Waals surface area contributed by atoms with Gasteiger partial charge in [0.2, 0.25) is 0 Å². The summed E-state index contributed by atoms with van der Waals surface area (Å²) in [5.41, 5.74) is 5.84. The molecule has 0 atom stereocenters. The zero-order chi connectivity index (χ0) is 9.30. The highest BCUT2D eigenvalue weighted by molar-refractivity contribution is 6.35. The number of phenols is 1. The van der Waals surface area contributed by atoms with E-state index in [2.05, 4.69) is 0 Å². The van der Waals surface area contributed by atoms with Gasteiger partial charge in [-0.3, -0.25) is 4.79 Å². The third kappa shape index (κ3) is 1.36. The standard InChI is InChI=1S/C8H8ClNO2/c1-4(11)5-2-3-6(10)7(9)8(5)12/h2-3,12H,10H2,1H3. The first-order valence-corrected chi connectivity index (χ1v) is 3.69. The van der Waals surface area contributed by atoms with E-state index >= 15 is 0 Å². The van der Waals surface area contributed by atoms with Gasteiger partial charge < -0.3 is 10.8 Å². The fourth-order valence-electron chi connectivity index (χ4n) is 0.864. The molecule has 0 radical (unpaired) electrons. The zero-order valence-corrected chi connectivity index (χ0v) is 7.22. The van der Waals surface area contributed by atoms with Crippen LogP contribution >= 0.6 is 11.6 Å². The predicted octanol–water partition coefficient (Wildman–Crippen LogP) is 1.83. The predicted molar refractivity (Wildman–Crippen MR) is 47.5 cm³/mol. The molecule has 1 rings (SSSR count). The Morgan fingerprint density at radius 2 is 2.17 bits per heavy atom. The molecule has 0 aromatic heterocycles. The molecule has 0 bridgehead atoms. The Hall–Kier alpha value is -1.22. The van der Waals surface area contributed by atoms with Crippen LogP contribution in [0.4, 0.5) is 5.69 Å². The number of nitrogen functional groups attached to an aromatic ring is 1. The fraction of sp³-hybridized carbons (Fsp3) is 0.125. The number of carbonyl (C=O) groups excluding carboxylic acids is 1. The number of anilines is 1. The summed E-state index contributed by atoms with van der Waals surface area (Å²) in [5.74, 6) is -0.487. The molecule has 0 amide bonds. The van der Waals surface area contributed by atoms with Gasteiger partial charge in [-0.25, -0.2) is 0 Å². The minimum absolute atomic E-state index is 0.0303. The number of hydrogen-bond acceptors (Lipinski definition) is 3. The maximum Gasteiger partial charge on any atom is 0.163 e. The van der Waals surface area contributed by atoms with Crippen molar-refractivity contribution >= 4 is 23.1 Å². The van der Waals surface area contributed by atoms with Crippen molar-refractivity contribution in [1.82, 2.24) is 0 Å². The van der Waals surface area contributed by atoms with Crippen molar-refractivity contribution in [3.8, 4) is 5.75 Å². The van der Waals surface area contributed by atoms with Crippen LogP contribution in [-0.2, 0) is 0 Å². The summed E-state index contributed by atoms with van der Waals surface area (Å²) in [5, 5.41) is 9.35. The van der Waals surface area contributed by atoms with E-state index in [-0.39, 0.29) is 27.8 Å². The average Bonchev–Trinajstić information content (AvgIpc) is 2.00. The lowest BCUT2D eigenvalue weighted by Gasteiger charge is -2.04. The number of nitrogens with two attached hydrogens (primary N) is 1. The minimum Gasteiger partial charge on any atom is -0.506 e. The van der Waals surface area contributed by atoms with Crippen molar-refractivity contribution in [2.75, 3.05) is 5.73 Å². The van der Waals surface area contributed by atoms with Gasteiger partial charge in [-0.05, 0) is 19.1 Å². The summed E-state index contributed by atoms with van der Waals surface area (Å²) in [6.45, 7) is 1.35. The molecule has 0 aliphatic heterocycles. The second-order valence-corrected chi connectivity index (χ2v) is 2.80. The molecule has 3 nitrogen and oxygen atoms in total. The molecule has 0 aliphatic rings. The largest absolute Gasteiger partial charge is 0.506 e. The van der Waals surface area contributed by atoms with E-state index in [9.17, 15) is 9.90 Å². The molecule has 4 heteroatoms. The van der Waals surface area contributed by atoms with Gasteiger partial charge in [0, 0.05) is 0 Å². The highest BCUT2D eigenvalue weighted by Gasteiger charge is 2.11. The van der Waals surface area contributed by atoms with Crippen LogP contribution in [-0.4, -0.2) is 10.9 Å². The Bertz CT molecular complexity index is 336. The smallest absolute Gasteiger partial charge is 0.163 e. The molecule has 64 valence electrons. The first-order chi connectivity index (χ1) is 5.54. The molecule has 1 aromatic carbocycles. The Kier molecular flexibility index (Phi) is 2.24. The van der Waals surface area contributed by atoms with Crippen molar-refractivity contribution in [3.05, 3.63) is 22.7 Å². The summed E-state index contributed by atoms with van der Waals surface area (Å²) in [6.07, 6.45) is 0. The second kappa shape index (κ2) is 3.03. The number of halogens is 1. The van der Waals surface area contributed by atoms with Crippen molar-refractivity contribution in [1.29, 1.82) is 0 Å². The first kappa shape index (κ1) is 8.87. The molecule has 1 aromatic rings. The lowest BCUT2D eigenvalue weighted by molar-refractivity contribution is 0.101. The molecule has 0 saturated carbocycles. The number of hydrogen-bond donors (Lipinski definition) is 2. The molecule has 0 fully saturated rings. The molecular formula is C8H8ClNO2. The number of Topliss-reactive ketones (excluding diaryl/α,β-unsaturated/α-hetero) is 1. The van der Waals surface area contributed by atoms with Crippen LogP contribution in [0.1, 0.15) is 17.3 Å². The van der Waals surface area contributed by atoms with Crippen molar-refractivity contribution in [2.45, 2.75) is 6.92 Å². The maximum atomic E-state index is 10.9. The summed E-state index contributed by atoms with van der Waals surface area (Å²) in [4.78, 5) is 10.9. The van der Waals surface area contributed by atoms with Crippen LogP contribution in [0.2, 0.25) is 5.02 Å². The van der Waals surface area contributed by atoms with E-state index in [0.29, 0.717) is 0 Å². The van der Waals surface area contributed by atoms with E-state index in [1.165, 1.54) is 19.1 Å². The van der Waals surface area contributed by atoms with Crippen LogP contribution in [0.25, 0.3) is 0 Å². The van der Waals surface area contributed by atoms with Crippen molar-refractivity contribution in [3.63, 3.8) is 0 Å². The van der Waals surface area contributed by atoms with Gasteiger partial charge in [0.1, 0.15) is 10.8 Å². The fourth-order valence-corrected chi connectivity index (χ4v) is 1.03. The van der Waals surface area contributed by atoms with Crippen LogP contribution in [0.5, 0.6) is 5.75 Å². The first-order valence-electron chi connectivity index (χ1n) is 3.32. The van der Waals surface area contributed by atoms with Crippen LogP contribution < -0.4 is 5.73 Å². The van der Waals surface area contributed by atoms with Crippen molar-refractivity contribution < 1.29 is 9.90 Å². The topological polar surface area (TPSA) is 63.3 Å². The van der Waals surface area contributed by atoms with Gasteiger partial charge in [-0.1, -0.05) is 11.6 Å². The van der Waals surface area contributed by atoms with Gasteiger partial charge >= 0.3 is 0 Å². The Morgan fingerprint density at radius 3 is 2.67 bits per heavy atom.